The fraction of sp³-hybridized carbons (Fsp3) is 0.242. The third-order valence-electron chi connectivity index (χ3n) is 29.0. The number of carbonyl (C=O) groups excluding carboxylic acids is 8. The molecule has 0 unspecified atom stereocenters. The molecule has 0 atom stereocenters. The maximum atomic E-state index is 16.1. The summed E-state index contributed by atoms with van der Waals surface area (Å²) in [6.07, 6.45) is 0. The van der Waals surface area contributed by atoms with Crippen LogP contribution in [0.5, 0.6) is 46.0 Å². The zero-order valence-electron chi connectivity index (χ0n) is 87.6. The van der Waals surface area contributed by atoms with Crippen molar-refractivity contribution in [3.63, 3.8) is 0 Å². The number of hydrogen-bond acceptors (Lipinski definition) is 12. The van der Waals surface area contributed by atoms with Gasteiger partial charge in [-0.25, -0.2) is 19.6 Å². The highest BCUT2D eigenvalue weighted by Gasteiger charge is 2.48. The standard InChI is InChI=1S/C72H58N2O8.C60H58N2O4/c1-39(2)47-31-21-32-48(40(3)4)67(47)73-69(75)51-35-55(79-43-23-13-9-14-24-43)61-63-57(81-45-27-17-11-18-28-45)37-53-60-54(72(78)74(71(53)77)68-49(41(5)6)33-22-34-50(68)42(7)8)38-58(82-46-29-19-12-20-30-46)64(66(60)63)62-56(80-44-25-15-10-16-26-44)36-52(70(73)76)59(51)65(61)62;1-31(2)37-17-15-18-38(32(3)4)53(37)61-55(63)43-23-21-41-48-36(26-28-60(12,13)14)30-46-50-44(56(64)62(58(46)66)54-39(33(5)6)19-16-20-40(54)34(7)8)24-22-42(52(48)50)47-35(25-27-59(9,10)11)29-45(57(61)65)49(43)51(41)47/h9-42H,1-8H3;15-24,29-34H,1-14H3. The van der Waals surface area contributed by atoms with Crippen LogP contribution in [0.1, 0.15) is 338 Å². The molecule has 0 saturated carbocycles. The van der Waals surface area contributed by atoms with Crippen molar-refractivity contribution in [3.05, 3.63) is 355 Å². The second-order valence-corrected chi connectivity index (χ2v) is 44.0. The topological polar surface area (TPSA) is 186 Å². The number of ether oxygens (including phenoxy) is 4. The van der Waals surface area contributed by atoms with Gasteiger partial charge in [-0.3, -0.25) is 38.4 Å². The Morgan fingerprint density at radius 2 is 0.399 bits per heavy atom. The molecule has 0 spiro atoms. The lowest BCUT2D eigenvalue weighted by Gasteiger charge is -2.35. The first kappa shape index (κ1) is 97.5. The largest absolute Gasteiger partial charge is 0.457 e. The fourth-order valence-electron chi connectivity index (χ4n) is 22.4. The highest BCUT2D eigenvalue weighted by atomic mass is 16.5. The van der Waals surface area contributed by atoms with Crippen LogP contribution in [-0.2, 0) is 0 Å². The average molecular weight is 1950 g/mol. The number of carbonyl (C=O) groups is 8. The summed E-state index contributed by atoms with van der Waals surface area (Å²) < 4.78 is 28.6. The van der Waals surface area contributed by atoms with Crippen LogP contribution in [0.3, 0.4) is 0 Å². The predicted molar refractivity (Wildman–Crippen MR) is 597 cm³/mol. The van der Waals surface area contributed by atoms with E-state index in [-0.39, 0.29) is 104 Å². The number of fused-ring (bicyclic) bond motifs is 4. The van der Waals surface area contributed by atoms with Crippen LogP contribution < -0.4 is 38.5 Å². The molecule has 4 aliphatic heterocycles. The fourth-order valence-corrected chi connectivity index (χ4v) is 22.4. The van der Waals surface area contributed by atoms with Crippen LogP contribution >= 0.6 is 0 Å². The molecule has 16 heteroatoms. The van der Waals surface area contributed by atoms with Crippen LogP contribution in [0.4, 0.5) is 22.7 Å². The number of amides is 8. The summed E-state index contributed by atoms with van der Waals surface area (Å²) in [6, 6.07) is 79.4. The van der Waals surface area contributed by atoms with Gasteiger partial charge < -0.3 is 18.9 Å². The van der Waals surface area contributed by atoms with Gasteiger partial charge in [0.15, 0.2) is 0 Å². The lowest BCUT2D eigenvalue weighted by molar-refractivity contribution is 0.0877. The van der Waals surface area contributed by atoms with E-state index in [1.54, 1.807) is 24.3 Å². The molecule has 0 fully saturated rings. The molecule has 18 aromatic rings. The van der Waals surface area contributed by atoms with E-state index in [4.69, 9.17) is 18.9 Å². The SMILES string of the molecule is CC(C)c1cccc(C(C)C)c1N1C(=O)c2cc(Oc3ccccc3)c3c4c(Oc5ccccc5)cc5c6c(cc(Oc7ccccc7)c(c7c(Oc8ccccc8)cc(c2c37)C1=O)c64)C(=O)N(c1c(C(C)C)cccc1C(C)C)C5=O.CC(C)c1cccc(C(C)C)c1N1C(=O)c2ccc3c4c(C#CC(C)(C)C)cc5c6c(ccc(c7c(C#CC(C)(C)C)cc(c2c37)C1=O)c64)C(=O)N(c1c(C(C)C)cccc1C(C)C)C5=O. The van der Waals surface area contributed by atoms with Crippen LogP contribution in [0, 0.1) is 34.5 Å². The molecule has 148 heavy (non-hydrogen) atoms. The predicted octanol–water partition coefficient (Wildman–Crippen LogP) is 33.6. The minimum absolute atomic E-state index is 0.0450. The summed E-state index contributed by atoms with van der Waals surface area (Å²) in [5.41, 5.74) is 12.5. The third-order valence-corrected chi connectivity index (χ3v) is 29.0. The zero-order valence-corrected chi connectivity index (χ0v) is 87.6. The molecule has 8 amide bonds. The first-order chi connectivity index (χ1) is 70.7. The lowest BCUT2D eigenvalue weighted by atomic mass is 9.78. The van der Waals surface area contributed by atoms with Gasteiger partial charge in [-0.15, -0.1) is 0 Å². The number of benzene rings is 18. The molecule has 22 rings (SSSR count). The molecular formula is C132H116N4O12. The van der Waals surface area contributed by atoms with Crippen molar-refractivity contribution in [3.8, 4) is 69.7 Å². The van der Waals surface area contributed by atoms with Crippen molar-refractivity contribution >= 4 is 156 Å². The second-order valence-electron chi connectivity index (χ2n) is 44.0. The minimum atomic E-state index is -0.532. The first-order valence-electron chi connectivity index (χ1n) is 51.4. The van der Waals surface area contributed by atoms with E-state index in [0.717, 1.165) is 76.8 Å². The number of nitrogens with zero attached hydrogens (tertiary/aromatic N) is 4. The Hall–Kier alpha value is -16.6. The van der Waals surface area contributed by atoms with Crippen molar-refractivity contribution in [1.82, 2.24) is 0 Å². The number of imide groups is 4. The monoisotopic (exact) mass is 1950 g/mol. The summed E-state index contributed by atoms with van der Waals surface area (Å²) in [4.78, 5) is 131. The van der Waals surface area contributed by atoms with E-state index < -0.39 is 46.3 Å². The van der Waals surface area contributed by atoms with Crippen LogP contribution in [0.25, 0.3) is 86.2 Å². The van der Waals surface area contributed by atoms with E-state index in [2.05, 4.69) is 134 Å². The van der Waals surface area contributed by atoms with Crippen molar-refractivity contribution in [2.24, 2.45) is 10.8 Å². The number of hydrogen-bond donors (Lipinski definition) is 0. The Morgan fingerprint density at radius 3 is 0.601 bits per heavy atom. The van der Waals surface area contributed by atoms with E-state index in [0.29, 0.717) is 133 Å². The van der Waals surface area contributed by atoms with Crippen LogP contribution in [0.2, 0.25) is 0 Å². The Labute approximate surface area is 862 Å². The van der Waals surface area contributed by atoms with Crippen molar-refractivity contribution in [2.75, 3.05) is 19.6 Å². The molecular weight excluding hydrogens is 1830 g/mol. The van der Waals surface area contributed by atoms with Crippen LogP contribution in [-0.4, -0.2) is 47.3 Å². The molecule has 4 aliphatic rings. The molecule has 0 N–H and O–H groups in total. The Bertz CT molecular complexity index is 8040. The molecule has 0 saturated heterocycles. The van der Waals surface area contributed by atoms with Gasteiger partial charge >= 0.3 is 0 Å². The van der Waals surface area contributed by atoms with Gasteiger partial charge in [0, 0.05) is 108 Å². The third kappa shape index (κ3) is 16.0. The Kier molecular flexibility index (Phi) is 24.3. The summed E-state index contributed by atoms with van der Waals surface area (Å²) in [5.74, 6) is 13.1. The summed E-state index contributed by atoms with van der Waals surface area (Å²) in [7, 11) is 0. The van der Waals surface area contributed by atoms with Crippen LogP contribution in [0.15, 0.2) is 255 Å². The molecule has 18 aromatic carbocycles. The summed E-state index contributed by atoms with van der Waals surface area (Å²) in [6.45, 7) is 45.4. The van der Waals surface area contributed by atoms with E-state index in [9.17, 15) is 0 Å². The quantitative estimate of drug-likeness (QED) is 0.0305. The number of para-hydroxylation sites is 8. The van der Waals surface area contributed by atoms with Gasteiger partial charge in [-0.2, -0.15) is 0 Å². The van der Waals surface area contributed by atoms with Crippen molar-refractivity contribution in [1.29, 1.82) is 0 Å². The van der Waals surface area contributed by atoms with Crippen molar-refractivity contribution in [2.45, 2.75) is 200 Å². The van der Waals surface area contributed by atoms with E-state index >= 15 is 38.4 Å². The Morgan fingerprint density at radius 1 is 0.203 bits per heavy atom. The van der Waals surface area contributed by atoms with Gasteiger partial charge in [-0.05, 0) is 241 Å². The zero-order chi connectivity index (χ0) is 104. The van der Waals surface area contributed by atoms with E-state index in [1.165, 1.54) is 19.6 Å². The average Bonchev–Trinajstić information content (AvgIpc) is 0.664. The highest BCUT2D eigenvalue weighted by Crippen LogP contribution is 2.61. The molecule has 0 aliphatic carbocycles. The van der Waals surface area contributed by atoms with Gasteiger partial charge in [0.25, 0.3) is 47.3 Å². The summed E-state index contributed by atoms with van der Waals surface area (Å²) in [5, 5.41) is 9.10. The Balaban J connectivity index is 0.000000178. The maximum Gasteiger partial charge on any atom is 0.266 e. The molecule has 0 bridgehead atoms. The van der Waals surface area contributed by atoms with Gasteiger partial charge in [-0.1, -0.05) is 292 Å². The van der Waals surface area contributed by atoms with E-state index in [1.807, 2.05) is 272 Å². The number of anilines is 4. The number of rotatable bonds is 20. The van der Waals surface area contributed by atoms with Gasteiger partial charge in [0.1, 0.15) is 46.0 Å². The first-order valence-corrected chi connectivity index (χ1v) is 51.4. The molecule has 16 nitrogen and oxygen atoms in total. The van der Waals surface area contributed by atoms with Crippen molar-refractivity contribution < 1.29 is 57.3 Å². The van der Waals surface area contributed by atoms with Gasteiger partial charge in [0.05, 0.1) is 56.1 Å². The second kappa shape index (κ2) is 36.9. The highest BCUT2D eigenvalue weighted by molar-refractivity contribution is 6.50. The lowest BCUT2D eigenvalue weighted by Crippen LogP contribution is -2.42. The molecule has 736 valence electrons. The molecule has 0 radical (unpaired) electrons. The normalized spacial score (nSPS) is 13.8. The molecule has 4 heterocycles. The molecule has 0 aromatic heterocycles. The maximum absolute atomic E-state index is 16.1. The minimum Gasteiger partial charge on any atom is -0.457 e. The summed E-state index contributed by atoms with van der Waals surface area (Å²) >= 11 is 0. The smallest absolute Gasteiger partial charge is 0.266 e. The van der Waals surface area contributed by atoms with Gasteiger partial charge in [0.2, 0.25) is 0 Å².